The van der Waals surface area contributed by atoms with E-state index in [9.17, 15) is 20.0 Å². The van der Waals surface area contributed by atoms with E-state index in [1.54, 1.807) is 48.5 Å². The van der Waals surface area contributed by atoms with Crippen molar-refractivity contribution in [2.75, 3.05) is 0 Å². The van der Waals surface area contributed by atoms with Gasteiger partial charge in [-0.15, -0.1) is 0 Å². The Kier molecular flexibility index (Phi) is 3.15. The maximum atomic E-state index is 12.8. The number of pyridine rings is 2. The lowest BCUT2D eigenvalue weighted by molar-refractivity contribution is 0.470. The van der Waals surface area contributed by atoms with Crippen LogP contribution in [-0.2, 0) is 0 Å². The van der Waals surface area contributed by atoms with E-state index in [0.717, 1.165) is 0 Å². The second-order valence-electron chi connectivity index (χ2n) is 5.43. The Labute approximate surface area is 140 Å². The van der Waals surface area contributed by atoms with E-state index in [-0.39, 0.29) is 22.1 Å². The molecule has 0 spiro atoms. The number of hydrogen-bond acceptors (Lipinski definition) is 5. The van der Waals surface area contributed by atoms with E-state index in [1.807, 2.05) is 6.07 Å². The van der Waals surface area contributed by atoms with E-state index in [2.05, 4.69) is 0 Å². The van der Waals surface area contributed by atoms with E-state index < -0.39 is 16.9 Å². The predicted octanol–water partition coefficient (Wildman–Crippen LogP) is 2.65. The van der Waals surface area contributed by atoms with Crippen LogP contribution in [0.25, 0.3) is 27.6 Å². The highest BCUT2D eigenvalue weighted by atomic mass is 16.4. The summed E-state index contributed by atoms with van der Waals surface area (Å²) in [6.07, 6.45) is 1.49. The van der Waals surface area contributed by atoms with Gasteiger partial charge in [-0.1, -0.05) is 36.4 Å². The predicted molar refractivity (Wildman–Crippen MR) is 91.5 cm³/mol. The van der Waals surface area contributed by atoms with E-state index in [0.29, 0.717) is 11.1 Å². The van der Waals surface area contributed by atoms with Crippen molar-refractivity contribution in [1.29, 1.82) is 5.26 Å². The smallest absolute Gasteiger partial charge is 0.348 e. The van der Waals surface area contributed by atoms with Crippen LogP contribution < -0.4 is 11.2 Å². The molecule has 0 unspecified atom stereocenters. The van der Waals surface area contributed by atoms with Crippen molar-refractivity contribution in [3.05, 3.63) is 81.1 Å². The Morgan fingerprint density at radius 1 is 1.04 bits per heavy atom. The average Bonchev–Trinajstić information content (AvgIpc) is 2.63. The van der Waals surface area contributed by atoms with Crippen molar-refractivity contribution in [3.63, 3.8) is 0 Å². The van der Waals surface area contributed by atoms with Crippen LogP contribution in [0.5, 0.6) is 5.75 Å². The summed E-state index contributed by atoms with van der Waals surface area (Å²) in [6.45, 7) is 0. The number of rotatable bonds is 1. The van der Waals surface area contributed by atoms with E-state index in [4.69, 9.17) is 4.42 Å². The first kappa shape index (κ1) is 14.7. The van der Waals surface area contributed by atoms with Gasteiger partial charge in [-0.25, -0.2) is 4.79 Å². The van der Waals surface area contributed by atoms with Crippen LogP contribution in [0.1, 0.15) is 5.56 Å². The van der Waals surface area contributed by atoms with Crippen LogP contribution in [-0.4, -0.2) is 9.51 Å². The van der Waals surface area contributed by atoms with Crippen LogP contribution >= 0.6 is 0 Å². The van der Waals surface area contributed by atoms with Crippen LogP contribution in [0.4, 0.5) is 0 Å². The highest BCUT2D eigenvalue weighted by molar-refractivity contribution is 5.95. The Hall–Kier alpha value is -3.85. The number of benzene rings is 1. The van der Waals surface area contributed by atoms with Crippen molar-refractivity contribution in [3.8, 4) is 22.9 Å². The molecule has 1 aromatic carbocycles. The highest BCUT2D eigenvalue weighted by Gasteiger charge is 2.22. The molecule has 0 aliphatic heterocycles. The molecule has 0 aliphatic carbocycles. The average molecular weight is 330 g/mol. The summed E-state index contributed by atoms with van der Waals surface area (Å²) >= 11 is 0. The normalized spacial score (nSPS) is 10.8. The van der Waals surface area contributed by atoms with Gasteiger partial charge in [0, 0.05) is 6.20 Å². The number of nitriles is 1. The molecule has 0 amide bonds. The fourth-order valence-electron chi connectivity index (χ4n) is 2.93. The molecule has 0 bridgehead atoms. The van der Waals surface area contributed by atoms with Gasteiger partial charge in [-0.3, -0.25) is 9.20 Å². The SMILES string of the molecule is N#Cc1c2oc(=O)c(-c3ccccc3)c(O)c2c(=O)n2ccccc12. The molecule has 25 heavy (non-hydrogen) atoms. The zero-order valence-corrected chi connectivity index (χ0v) is 12.8. The molecule has 4 aromatic rings. The monoisotopic (exact) mass is 330 g/mol. The van der Waals surface area contributed by atoms with E-state index in [1.165, 1.54) is 10.6 Å². The van der Waals surface area contributed by atoms with Crippen molar-refractivity contribution < 1.29 is 9.52 Å². The van der Waals surface area contributed by atoms with Crippen LogP contribution in [0, 0.1) is 11.3 Å². The Balaban J connectivity index is 2.29. The molecule has 0 atom stereocenters. The topological polar surface area (TPSA) is 95.7 Å². The number of hydrogen-bond donors (Lipinski definition) is 1. The van der Waals surface area contributed by atoms with Crippen molar-refractivity contribution >= 4 is 16.5 Å². The zero-order valence-electron chi connectivity index (χ0n) is 12.8. The largest absolute Gasteiger partial charge is 0.506 e. The van der Waals surface area contributed by atoms with Gasteiger partial charge < -0.3 is 9.52 Å². The second-order valence-corrected chi connectivity index (χ2v) is 5.43. The molecular formula is C19H10N2O4. The maximum Gasteiger partial charge on any atom is 0.348 e. The van der Waals surface area contributed by atoms with Gasteiger partial charge in [-0.2, -0.15) is 5.26 Å². The summed E-state index contributed by atoms with van der Waals surface area (Å²) < 4.78 is 6.53. The van der Waals surface area contributed by atoms with Gasteiger partial charge in [-0.05, 0) is 17.7 Å². The molecule has 3 heterocycles. The molecule has 0 saturated heterocycles. The number of aromatic hydroxyl groups is 1. The summed E-state index contributed by atoms with van der Waals surface area (Å²) in [5.74, 6) is -0.489. The molecule has 0 aliphatic rings. The molecule has 1 N–H and O–H groups in total. The Morgan fingerprint density at radius 2 is 1.76 bits per heavy atom. The van der Waals surface area contributed by atoms with Crippen molar-refractivity contribution in [2.45, 2.75) is 0 Å². The minimum atomic E-state index is -0.813. The molecule has 6 nitrogen and oxygen atoms in total. The summed E-state index contributed by atoms with van der Waals surface area (Å²) in [4.78, 5) is 25.2. The van der Waals surface area contributed by atoms with Gasteiger partial charge in [0.25, 0.3) is 5.56 Å². The molecule has 0 fully saturated rings. The minimum Gasteiger partial charge on any atom is -0.506 e. The first-order chi connectivity index (χ1) is 12.1. The Morgan fingerprint density at radius 3 is 2.48 bits per heavy atom. The highest BCUT2D eigenvalue weighted by Crippen LogP contribution is 2.33. The molecular weight excluding hydrogens is 320 g/mol. The first-order valence-corrected chi connectivity index (χ1v) is 7.42. The zero-order chi connectivity index (χ0) is 17.6. The van der Waals surface area contributed by atoms with Crippen LogP contribution in [0.15, 0.2) is 68.7 Å². The Bertz CT molecular complexity index is 1300. The van der Waals surface area contributed by atoms with Crippen LogP contribution in [0.2, 0.25) is 0 Å². The van der Waals surface area contributed by atoms with Gasteiger partial charge in [0.1, 0.15) is 28.3 Å². The summed E-state index contributed by atoms with van der Waals surface area (Å²) in [5, 5.41) is 19.9. The third-order valence-electron chi connectivity index (χ3n) is 4.05. The summed E-state index contributed by atoms with van der Waals surface area (Å²) in [7, 11) is 0. The molecule has 0 radical (unpaired) electrons. The third kappa shape index (κ3) is 2.03. The molecule has 4 rings (SSSR count). The minimum absolute atomic E-state index is 0.0159. The summed E-state index contributed by atoms with van der Waals surface area (Å²) in [5.41, 5.74) is -0.951. The first-order valence-electron chi connectivity index (χ1n) is 7.42. The van der Waals surface area contributed by atoms with Crippen molar-refractivity contribution in [1.82, 2.24) is 4.40 Å². The maximum absolute atomic E-state index is 12.8. The second kappa shape index (κ2) is 5.35. The number of nitrogens with zero attached hydrogens (tertiary/aromatic N) is 2. The lowest BCUT2D eigenvalue weighted by Gasteiger charge is -2.09. The van der Waals surface area contributed by atoms with Gasteiger partial charge in [0.15, 0.2) is 5.58 Å². The lowest BCUT2D eigenvalue weighted by atomic mass is 10.0. The number of aromatic nitrogens is 1. The fraction of sp³-hybridized carbons (Fsp3) is 0. The number of fused-ring (bicyclic) bond motifs is 2. The molecule has 3 aromatic heterocycles. The molecule has 0 saturated carbocycles. The third-order valence-corrected chi connectivity index (χ3v) is 4.05. The quantitative estimate of drug-likeness (QED) is 0.541. The lowest BCUT2D eigenvalue weighted by Crippen LogP contribution is -2.17. The van der Waals surface area contributed by atoms with Gasteiger partial charge in [0.2, 0.25) is 0 Å². The van der Waals surface area contributed by atoms with Crippen LogP contribution in [0.3, 0.4) is 0 Å². The standard InChI is InChI=1S/C19H10N2O4/c20-10-12-13-8-4-5-9-21(13)18(23)15-16(22)14(19(24)25-17(12)15)11-6-2-1-3-7-11/h1-9,22H. The molecule has 120 valence electrons. The fourth-order valence-corrected chi connectivity index (χ4v) is 2.93. The van der Waals surface area contributed by atoms with Gasteiger partial charge >= 0.3 is 5.63 Å². The van der Waals surface area contributed by atoms with Gasteiger partial charge in [0.05, 0.1) is 5.52 Å². The summed E-state index contributed by atoms with van der Waals surface area (Å²) in [6, 6.07) is 15.2. The molecule has 6 heteroatoms. The van der Waals surface area contributed by atoms with Crippen molar-refractivity contribution in [2.24, 2.45) is 0 Å². The van der Waals surface area contributed by atoms with E-state index >= 15 is 0 Å².